The smallest absolute Gasteiger partial charge is 0.243 e. The topological polar surface area (TPSA) is 78.4 Å². The third-order valence-electron chi connectivity index (χ3n) is 7.94. The van der Waals surface area contributed by atoms with Gasteiger partial charge in [0.25, 0.3) is 0 Å². The number of phenolic OH excluding ortho intramolecular Hbond substituents is 1. The summed E-state index contributed by atoms with van der Waals surface area (Å²) in [5, 5.41) is 21.9. The minimum absolute atomic E-state index is 0.108. The van der Waals surface area contributed by atoms with Gasteiger partial charge in [0, 0.05) is 36.3 Å². The van der Waals surface area contributed by atoms with E-state index in [1.54, 1.807) is 0 Å². The zero-order chi connectivity index (χ0) is 24.1. The molecule has 3 saturated carbocycles. The molecule has 0 spiro atoms. The summed E-state index contributed by atoms with van der Waals surface area (Å²) in [6, 6.07) is 7.30. The van der Waals surface area contributed by atoms with Crippen LogP contribution in [0.25, 0.3) is 17.3 Å². The number of aromatic nitrogens is 2. The molecule has 3 aliphatic rings. The molecule has 3 aliphatic carbocycles. The van der Waals surface area contributed by atoms with Gasteiger partial charge in [-0.3, -0.25) is 4.79 Å². The molecule has 2 N–H and O–H groups in total. The molecule has 0 saturated heterocycles. The molecule has 0 aliphatic heterocycles. The Labute approximate surface area is 200 Å². The van der Waals surface area contributed by atoms with E-state index >= 15 is 0 Å². The predicted molar refractivity (Wildman–Crippen MR) is 131 cm³/mol. The van der Waals surface area contributed by atoms with Crippen LogP contribution in [0.4, 0.5) is 10.2 Å². The normalized spacial score (nSPS) is 28.3. The number of anilines is 1. The number of benzene rings is 1. The number of amides is 1. The lowest BCUT2D eigenvalue weighted by Gasteiger charge is -2.45. The second kappa shape index (κ2) is 8.36. The van der Waals surface area contributed by atoms with Crippen molar-refractivity contribution in [2.45, 2.75) is 70.9 Å². The van der Waals surface area contributed by atoms with Crippen molar-refractivity contribution in [2.75, 3.05) is 11.9 Å². The second-order valence-electron chi connectivity index (χ2n) is 11.1. The van der Waals surface area contributed by atoms with Crippen LogP contribution in [-0.4, -0.2) is 40.3 Å². The number of fused-ring (bicyclic) bond motifs is 2. The van der Waals surface area contributed by atoms with Crippen LogP contribution in [0.5, 0.6) is 5.75 Å². The molecule has 6 nitrogen and oxygen atoms in total. The van der Waals surface area contributed by atoms with E-state index < -0.39 is 5.82 Å². The van der Waals surface area contributed by atoms with E-state index in [-0.39, 0.29) is 22.8 Å². The number of nitrogens with zero attached hydrogens (tertiary/aromatic N) is 3. The van der Waals surface area contributed by atoms with Gasteiger partial charge < -0.3 is 15.3 Å². The molecule has 3 fully saturated rings. The Morgan fingerprint density at radius 1 is 1.15 bits per heavy atom. The maximum absolute atomic E-state index is 14.6. The number of carbonyl (C=O) groups excluding carboxylic acids is 1. The van der Waals surface area contributed by atoms with Crippen LogP contribution in [0.3, 0.4) is 0 Å². The van der Waals surface area contributed by atoms with Gasteiger partial charge in [0.1, 0.15) is 11.6 Å². The first-order chi connectivity index (χ1) is 16.2. The van der Waals surface area contributed by atoms with Crippen LogP contribution in [0.15, 0.2) is 30.3 Å². The number of hydrogen-bond acceptors (Lipinski definition) is 5. The molecule has 1 heterocycles. The van der Waals surface area contributed by atoms with Crippen molar-refractivity contribution < 1.29 is 14.3 Å². The summed E-state index contributed by atoms with van der Waals surface area (Å²) in [6.45, 7) is 4.88. The molecule has 2 bridgehead atoms. The molecule has 3 atom stereocenters. The molecule has 1 amide bonds. The maximum Gasteiger partial charge on any atom is 0.243 e. The Morgan fingerprint density at radius 3 is 2.44 bits per heavy atom. The van der Waals surface area contributed by atoms with E-state index in [1.807, 2.05) is 12.1 Å². The lowest BCUT2D eigenvalue weighted by atomic mass is 9.68. The number of phenols is 1. The standard InChI is InChI=1S/C27H33FN4O2/c1-26-10-11-27(2,16-26)15-19(14-26)32(18-5-6-18)24-8-7-22(30-31-24)20-13-21(28)17(12-23(20)33)4-9-25(34)29-3/h4,7-9,12-13,18-19,33H,5-6,10-11,14-16H2,1-3H3,(H,29,34)/b9-4+/t19?,26-,27+. The molecular weight excluding hydrogens is 431 g/mol. The number of hydrogen-bond donors (Lipinski definition) is 2. The van der Waals surface area contributed by atoms with Gasteiger partial charge in [-0.2, -0.15) is 0 Å². The largest absolute Gasteiger partial charge is 0.507 e. The first-order valence-electron chi connectivity index (χ1n) is 12.2. The van der Waals surface area contributed by atoms with Crippen LogP contribution >= 0.6 is 0 Å². The van der Waals surface area contributed by atoms with Gasteiger partial charge in [-0.05, 0) is 86.1 Å². The highest BCUT2D eigenvalue weighted by molar-refractivity contribution is 5.91. The second-order valence-corrected chi connectivity index (χ2v) is 11.1. The molecule has 0 radical (unpaired) electrons. The number of rotatable bonds is 6. The maximum atomic E-state index is 14.6. The monoisotopic (exact) mass is 464 g/mol. The van der Waals surface area contributed by atoms with Gasteiger partial charge in [0.2, 0.25) is 5.91 Å². The average molecular weight is 465 g/mol. The Hall–Kier alpha value is -2.96. The molecule has 7 heteroatoms. The van der Waals surface area contributed by atoms with Crippen molar-refractivity contribution >= 4 is 17.8 Å². The fraction of sp³-hybridized carbons (Fsp3) is 0.519. The quantitative estimate of drug-likeness (QED) is 0.583. The Kier molecular flexibility index (Phi) is 5.61. The van der Waals surface area contributed by atoms with Crippen LogP contribution in [0, 0.1) is 16.6 Å². The van der Waals surface area contributed by atoms with Gasteiger partial charge in [-0.1, -0.05) is 13.8 Å². The Balaban J connectivity index is 1.39. The molecule has 180 valence electrons. The first-order valence-corrected chi connectivity index (χ1v) is 12.2. The van der Waals surface area contributed by atoms with Crippen molar-refractivity contribution in [1.82, 2.24) is 15.5 Å². The van der Waals surface area contributed by atoms with Crippen LogP contribution in [0.1, 0.15) is 64.4 Å². The summed E-state index contributed by atoms with van der Waals surface area (Å²) in [6.07, 6.45) is 11.2. The Morgan fingerprint density at radius 2 is 1.85 bits per heavy atom. The summed E-state index contributed by atoms with van der Waals surface area (Å²) < 4.78 is 14.6. The first kappa shape index (κ1) is 22.8. The molecular formula is C27H33FN4O2. The highest BCUT2D eigenvalue weighted by Gasteiger charge is 2.52. The lowest BCUT2D eigenvalue weighted by Crippen LogP contribution is -2.46. The van der Waals surface area contributed by atoms with E-state index in [0.717, 1.165) is 5.82 Å². The van der Waals surface area contributed by atoms with Gasteiger partial charge >= 0.3 is 0 Å². The van der Waals surface area contributed by atoms with E-state index in [9.17, 15) is 14.3 Å². The summed E-state index contributed by atoms with van der Waals surface area (Å²) in [7, 11) is 1.50. The molecule has 34 heavy (non-hydrogen) atoms. The number of likely N-dealkylation sites (N-methyl/N-ethyl adjacent to an activating group) is 1. The van der Waals surface area contributed by atoms with E-state index in [4.69, 9.17) is 0 Å². The molecule has 1 aromatic carbocycles. The third-order valence-corrected chi connectivity index (χ3v) is 7.94. The van der Waals surface area contributed by atoms with Crippen molar-refractivity contribution in [3.8, 4) is 17.0 Å². The highest BCUT2D eigenvalue weighted by Crippen LogP contribution is 2.59. The number of halogens is 1. The van der Waals surface area contributed by atoms with Gasteiger partial charge in [-0.15, -0.1) is 10.2 Å². The van der Waals surface area contributed by atoms with Crippen LogP contribution in [0.2, 0.25) is 0 Å². The summed E-state index contributed by atoms with van der Waals surface area (Å²) >= 11 is 0. The zero-order valence-electron chi connectivity index (χ0n) is 20.1. The van der Waals surface area contributed by atoms with Crippen molar-refractivity contribution in [1.29, 1.82) is 0 Å². The minimum Gasteiger partial charge on any atom is -0.507 e. The van der Waals surface area contributed by atoms with Gasteiger partial charge in [0.05, 0.1) is 5.69 Å². The fourth-order valence-corrected chi connectivity index (χ4v) is 6.36. The molecule has 2 aromatic rings. The third kappa shape index (κ3) is 4.40. The average Bonchev–Trinajstić information content (AvgIpc) is 3.60. The summed E-state index contributed by atoms with van der Waals surface area (Å²) in [5.41, 5.74) is 1.65. The number of aromatic hydroxyl groups is 1. The SMILES string of the molecule is CNC(=O)/C=C/c1cc(O)c(-c2ccc(N(C3CC3)C3C[C@]4(C)CC[C@](C)(C3)C4)nn2)cc1F. The highest BCUT2D eigenvalue weighted by atomic mass is 19.1. The summed E-state index contributed by atoms with van der Waals surface area (Å²) in [4.78, 5) is 13.9. The zero-order valence-corrected chi connectivity index (χ0v) is 20.1. The van der Waals surface area contributed by atoms with Crippen LogP contribution < -0.4 is 10.2 Å². The predicted octanol–water partition coefficient (Wildman–Crippen LogP) is 5.08. The Bertz CT molecular complexity index is 1110. The molecule has 1 aromatic heterocycles. The lowest BCUT2D eigenvalue weighted by molar-refractivity contribution is -0.115. The van der Waals surface area contributed by atoms with E-state index in [2.05, 4.69) is 34.3 Å². The van der Waals surface area contributed by atoms with E-state index in [0.29, 0.717) is 28.6 Å². The van der Waals surface area contributed by atoms with Crippen molar-refractivity contribution in [3.63, 3.8) is 0 Å². The molecule has 5 rings (SSSR count). The van der Waals surface area contributed by atoms with Gasteiger partial charge in [-0.25, -0.2) is 4.39 Å². The minimum atomic E-state index is -0.544. The van der Waals surface area contributed by atoms with Crippen molar-refractivity contribution in [2.24, 2.45) is 10.8 Å². The summed E-state index contributed by atoms with van der Waals surface area (Å²) in [5.74, 6) is -0.130. The number of nitrogens with one attached hydrogen (secondary N) is 1. The number of carbonyl (C=O) groups is 1. The van der Waals surface area contributed by atoms with Crippen LogP contribution in [-0.2, 0) is 4.79 Å². The molecule has 1 unspecified atom stereocenters. The fourth-order valence-electron chi connectivity index (χ4n) is 6.36. The van der Waals surface area contributed by atoms with E-state index in [1.165, 1.54) is 76.3 Å². The van der Waals surface area contributed by atoms with Crippen molar-refractivity contribution in [3.05, 3.63) is 41.7 Å². The van der Waals surface area contributed by atoms with Gasteiger partial charge in [0.15, 0.2) is 5.82 Å².